The molecule has 0 aromatic rings. The summed E-state index contributed by atoms with van der Waals surface area (Å²) in [5.41, 5.74) is 5.39. The number of aliphatic hydroxyl groups is 1. The molecule has 0 radical (unpaired) electrons. The first-order chi connectivity index (χ1) is 3.88. The summed E-state index contributed by atoms with van der Waals surface area (Å²) in [6, 6.07) is 0. The first kappa shape index (κ1) is 6.05. The van der Waals surface area contributed by atoms with Gasteiger partial charge in [0.25, 0.3) is 0 Å². The average molecular weight is 115 g/mol. The number of hydrogen-bond acceptors (Lipinski definition) is 2. The Kier molecular flexibility index (Phi) is 1.86. The standard InChI is InChI=1S/C6H13NO/c7-3-5-1-2-6(5)4-8/h5-6,8H,1-4,7H2. The summed E-state index contributed by atoms with van der Waals surface area (Å²) >= 11 is 0. The number of nitrogens with two attached hydrogens (primary N) is 1. The van der Waals surface area contributed by atoms with Gasteiger partial charge in [-0.05, 0) is 31.2 Å². The highest BCUT2D eigenvalue weighted by Gasteiger charge is 2.28. The lowest BCUT2D eigenvalue weighted by Crippen LogP contribution is -2.34. The summed E-state index contributed by atoms with van der Waals surface area (Å²) in [6.45, 7) is 1.09. The molecule has 0 heterocycles. The van der Waals surface area contributed by atoms with E-state index >= 15 is 0 Å². The van der Waals surface area contributed by atoms with Gasteiger partial charge in [-0.1, -0.05) is 0 Å². The quantitative estimate of drug-likeness (QED) is 0.530. The fourth-order valence-electron chi connectivity index (χ4n) is 1.19. The van der Waals surface area contributed by atoms with Gasteiger partial charge in [0.1, 0.15) is 0 Å². The summed E-state index contributed by atoms with van der Waals surface area (Å²) in [4.78, 5) is 0. The molecule has 8 heavy (non-hydrogen) atoms. The zero-order valence-corrected chi connectivity index (χ0v) is 5.01. The van der Waals surface area contributed by atoms with Gasteiger partial charge in [-0.25, -0.2) is 0 Å². The maximum atomic E-state index is 8.63. The van der Waals surface area contributed by atoms with E-state index in [9.17, 15) is 0 Å². The molecular formula is C6H13NO. The molecule has 0 spiro atoms. The van der Waals surface area contributed by atoms with Gasteiger partial charge in [0, 0.05) is 6.61 Å². The Hall–Kier alpha value is -0.0800. The van der Waals surface area contributed by atoms with E-state index in [1.807, 2.05) is 0 Å². The van der Waals surface area contributed by atoms with Gasteiger partial charge >= 0.3 is 0 Å². The van der Waals surface area contributed by atoms with Crippen LogP contribution >= 0.6 is 0 Å². The van der Waals surface area contributed by atoms with E-state index in [1.165, 1.54) is 12.8 Å². The van der Waals surface area contributed by atoms with Crippen molar-refractivity contribution >= 4 is 0 Å². The molecule has 1 rings (SSSR count). The lowest BCUT2D eigenvalue weighted by atomic mass is 9.74. The van der Waals surface area contributed by atoms with Crippen LogP contribution < -0.4 is 5.73 Å². The minimum Gasteiger partial charge on any atom is -0.396 e. The highest BCUT2D eigenvalue weighted by atomic mass is 16.3. The molecule has 0 aliphatic heterocycles. The van der Waals surface area contributed by atoms with E-state index in [0.717, 1.165) is 6.54 Å². The van der Waals surface area contributed by atoms with E-state index in [-0.39, 0.29) is 0 Å². The molecule has 1 aliphatic rings. The molecule has 0 bridgehead atoms. The van der Waals surface area contributed by atoms with Crippen LogP contribution in [-0.4, -0.2) is 18.3 Å². The molecule has 2 heteroatoms. The van der Waals surface area contributed by atoms with Crippen molar-refractivity contribution in [2.45, 2.75) is 12.8 Å². The molecule has 0 aromatic carbocycles. The molecule has 0 saturated heterocycles. The molecular weight excluding hydrogens is 102 g/mol. The fraction of sp³-hybridized carbons (Fsp3) is 1.00. The Morgan fingerprint density at radius 1 is 1.38 bits per heavy atom. The van der Waals surface area contributed by atoms with E-state index in [2.05, 4.69) is 0 Å². The number of hydrogen-bond donors (Lipinski definition) is 2. The van der Waals surface area contributed by atoms with Crippen molar-refractivity contribution < 1.29 is 5.11 Å². The first-order valence-electron chi connectivity index (χ1n) is 3.19. The molecule has 3 N–H and O–H groups in total. The zero-order valence-electron chi connectivity index (χ0n) is 5.01. The second-order valence-corrected chi connectivity index (χ2v) is 2.52. The number of aliphatic hydroxyl groups excluding tert-OH is 1. The highest BCUT2D eigenvalue weighted by molar-refractivity contribution is 4.80. The Balaban J connectivity index is 2.16. The van der Waals surface area contributed by atoms with Crippen molar-refractivity contribution in [1.82, 2.24) is 0 Å². The molecule has 2 unspecified atom stereocenters. The normalized spacial score (nSPS) is 36.8. The SMILES string of the molecule is NCC1CCC1CO. The molecule has 48 valence electrons. The van der Waals surface area contributed by atoms with Crippen LogP contribution in [0.15, 0.2) is 0 Å². The van der Waals surface area contributed by atoms with Gasteiger partial charge in [0.15, 0.2) is 0 Å². The van der Waals surface area contributed by atoms with Crippen molar-refractivity contribution in [3.05, 3.63) is 0 Å². The fourth-order valence-corrected chi connectivity index (χ4v) is 1.19. The predicted molar refractivity (Wildman–Crippen MR) is 32.4 cm³/mol. The topological polar surface area (TPSA) is 46.2 Å². The second kappa shape index (κ2) is 2.46. The van der Waals surface area contributed by atoms with Crippen LogP contribution in [0.3, 0.4) is 0 Å². The monoisotopic (exact) mass is 115 g/mol. The van der Waals surface area contributed by atoms with Crippen molar-refractivity contribution in [3.8, 4) is 0 Å². The van der Waals surface area contributed by atoms with Crippen LogP contribution in [-0.2, 0) is 0 Å². The Morgan fingerprint density at radius 3 is 2.12 bits per heavy atom. The van der Waals surface area contributed by atoms with Crippen LogP contribution in [0.25, 0.3) is 0 Å². The summed E-state index contributed by atoms with van der Waals surface area (Å²) < 4.78 is 0. The van der Waals surface area contributed by atoms with Crippen molar-refractivity contribution in [3.63, 3.8) is 0 Å². The summed E-state index contributed by atoms with van der Waals surface area (Å²) in [5, 5.41) is 8.63. The maximum Gasteiger partial charge on any atom is 0.0462 e. The highest BCUT2D eigenvalue weighted by Crippen LogP contribution is 2.32. The molecule has 0 amide bonds. The summed E-state index contributed by atoms with van der Waals surface area (Å²) in [6.07, 6.45) is 2.40. The van der Waals surface area contributed by atoms with Crippen LogP contribution in [0, 0.1) is 11.8 Å². The van der Waals surface area contributed by atoms with E-state index in [0.29, 0.717) is 18.4 Å². The third-order valence-electron chi connectivity index (χ3n) is 2.11. The van der Waals surface area contributed by atoms with Crippen LogP contribution in [0.4, 0.5) is 0 Å². The predicted octanol–water partition coefficient (Wildman–Crippen LogP) is -0.0364. The minimum atomic E-state index is 0.335. The van der Waals surface area contributed by atoms with Gasteiger partial charge in [-0.15, -0.1) is 0 Å². The molecule has 2 atom stereocenters. The molecule has 1 aliphatic carbocycles. The third-order valence-corrected chi connectivity index (χ3v) is 2.11. The lowest BCUT2D eigenvalue weighted by Gasteiger charge is -2.33. The van der Waals surface area contributed by atoms with Gasteiger partial charge in [0.2, 0.25) is 0 Å². The molecule has 1 saturated carbocycles. The molecule has 0 aromatic heterocycles. The van der Waals surface area contributed by atoms with E-state index in [1.54, 1.807) is 0 Å². The van der Waals surface area contributed by atoms with Gasteiger partial charge in [-0.2, -0.15) is 0 Å². The summed E-state index contributed by atoms with van der Waals surface area (Å²) in [5.74, 6) is 1.15. The average Bonchev–Trinajstić information content (AvgIpc) is 1.66. The zero-order chi connectivity index (χ0) is 5.98. The van der Waals surface area contributed by atoms with Gasteiger partial charge < -0.3 is 10.8 Å². The third kappa shape index (κ3) is 0.858. The largest absolute Gasteiger partial charge is 0.396 e. The minimum absolute atomic E-state index is 0.335. The Bertz CT molecular complexity index is 60.9. The van der Waals surface area contributed by atoms with E-state index < -0.39 is 0 Å². The maximum absolute atomic E-state index is 8.63. The lowest BCUT2D eigenvalue weighted by molar-refractivity contribution is 0.0963. The van der Waals surface area contributed by atoms with Crippen molar-refractivity contribution in [2.24, 2.45) is 17.6 Å². The molecule has 1 fully saturated rings. The van der Waals surface area contributed by atoms with Crippen molar-refractivity contribution in [2.75, 3.05) is 13.2 Å². The second-order valence-electron chi connectivity index (χ2n) is 2.52. The van der Waals surface area contributed by atoms with Gasteiger partial charge in [0.05, 0.1) is 0 Å². The Labute approximate surface area is 49.7 Å². The van der Waals surface area contributed by atoms with E-state index in [4.69, 9.17) is 10.8 Å². The summed E-state index contributed by atoms with van der Waals surface area (Å²) in [7, 11) is 0. The number of rotatable bonds is 2. The van der Waals surface area contributed by atoms with Crippen LogP contribution in [0.2, 0.25) is 0 Å². The Morgan fingerprint density at radius 2 is 2.00 bits per heavy atom. The first-order valence-corrected chi connectivity index (χ1v) is 3.19. The molecule has 2 nitrogen and oxygen atoms in total. The van der Waals surface area contributed by atoms with Crippen LogP contribution in [0.5, 0.6) is 0 Å². The van der Waals surface area contributed by atoms with Gasteiger partial charge in [-0.3, -0.25) is 0 Å². The smallest absolute Gasteiger partial charge is 0.0462 e. The van der Waals surface area contributed by atoms with Crippen molar-refractivity contribution in [1.29, 1.82) is 0 Å². The van der Waals surface area contributed by atoms with Crippen LogP contribution in [0.1, 0.15) is 12.8 Å².